The van der Waals surface area contributed by atoms with Gasteiger partial charge in [-0.05, 0) is 79.3 Å². The second-order valence-corrected chi connectivity index (χ2v) is 10.6. The smallest absolute Gasteiger partial charge is 0.416 e. The molecule has 1 amide bonds. The van der Waals surface area contributed by atoms with Crippen LogP contribution in [0, 0.1) is 5.41 Å². The highest BCUT2D eigenvalue weighted by molar-refractivity contribution is 6.12. The SMILES string of the molecule is C=C/C(C(=O)Nc1ccc(C(=O)OCCC(CO)(COCC)C2=CC=CCC=C2)cc1)=C(\C=C/CC)c1ccc(C(F)(F)F)cc1. The summed E-state index contributed by atoms with van der Waals surface area (Å²) >= 11 is 0. The Kier molecular flexibility index (Phi) is 13.5. The Hall–Kier alpha value is -4.47. The van der Waals surface area contributed by atoms with Crippen molar-refractivity contribution >= 4 is 23.1 Å². The zero-order valence-corrected chi connectivity index (χ0v) is 26.1. The molecule has 0 fully saturated rings. The number of ether oxygens (including phenoxy) is 2. The van der Waals surface area contributed by atoms with Crippen LogP contribution in [0.15, 0.2) is 115 Å². The van der Waals surface area contributed by atoms with Crippen LogP contribution in [-0.4, -0.2) is 43.4 Å². The molecule has 2 aromatic rings. The van der Waals surface area contributed by atoms with Gasteiger partial charge < -0.3 is 19.9 Å². The van der Waals surface area contributed by atoms with Crippen LogP contribution in [0.2, 0.25) is 0 Å². The highest BCUT2D eigenvalue weighted by Crippen LogP contribution is 2.34. The monoisotopic (exact) mass is 635 g/mol. The summed E-state index contributed by atoms with van der Waals surface area (Å²) in [5, 5.41) is 13.1. The Morgan fingerprint density at radius 2 is 1.72 bits per heavy atom. The number of esters is 1. The number of nitrogens with one attached hydrogen (secondary N) is 1. The first-order valence-electron chi connectivity index (χ1n) is 15.1. The molecule has 2 aromatic carbocycles. The number of aliphatic hydroxyl groups is 1. The molecule has 0 aromatic heterocycles. The Labute approximate surface area is 268 Å². The normalized spacial score (nSPS) is 15.0. The summed E-state index contributed by atoms with van der Waals surface area (Å²) in [4.78, 5) is 26.1. The van der Waals surface area contributed by atoms with Gasteiger partial charge in [0.15, 0.2) is 0 Å². The molecule has 2 N–H and O–H groups in total. The Morgan fingerprint density at radius 1 is 1.02 bits per heavy atom. The molecule has 0 saturated carbocycles. The number of carbonyl (C=O) groups excluding carboxylic acids is 2. The van der Waals surface area contributed by atoms with Crippen molar-refractivity contribution in [2.24, 2.45) is 5.41 Å². The number of halogens is 3. The number of amides is 1. The molecule has 0 spiro atoms. The van der Waals surface area contributed by atoms with E-state index in [0.29, 0.717) is 36.3 Å². The summed E-state index contributed by atoms with van der Waals surface area (Å²) in [5.74, 6) is -1.08. The summed E-state index contributed by atoms with van der Waals surface area (Å²) in [5.41, 5.74) is 1.04. The van der Waals surface area contributed by atoms with Gasteiger partial charge in [0.05, 0.1) is 30.9 Å². The van der Waals surface area contributed by atoms with Gasteiger partial charge in [0, 0.05) is 23.3 Å². The minimum Gasteiger partial charge on any atom is -0.462 e. The molecule has 0 saturated heterocycles. The van der Waals surface area contributed by atoms with Crippen molar-refractivity contribution in [3.8, 4) is 0 Å². The van der Waals surface area contributed by atoms with E-state index in [2.05, 4.69) is 11.9 Å². The predicted molar refractivity (Wildman–Crippen MR) is 175 cm³/mol. The van der Waals surface area contributed by atoms with Gasteiger partial charge in [-0.2, -0.15) is 13.2 Å². The molecule has 244 valence electrons. The zero-order valence-electron chi connectivity index (χ0n) is 26.1. The third kappa shape index (κ3) is 9.76. The summed E-state index contributed by atoms with van der Waals surface area (Å²) < 4.78 is 50.5. The highest BCUT2D eigenvalue weighted by Gasteiger charge is 2.33. The largest absolute Gasteiger partial charge is 0.462 e. The molecular formula is C37H40F3NO5. The quantitative estimate of drug-likeness (QED) is 0.117. The lowest BCUT2D eigenvalue weighted by Crippen LogP contribution is -2.34. The molecule has 0 radical (unpaired) electrons. The Bertz CT molecular complexity index is 1500. The molecule has 46 heavy (non-hydrogen) atoms. The minimum absolute atomic E-state index is 0.0470. The molecule has 0 heterocycles. The molecule has 1 aliphatic carbocycles. The first kappa shape index (κ1) is 36.0. The summed E-state index contributed by atoms with van der Waals surface area (Å²) in [6.07, 6.45) is 12.0. The van der Waals surface area contributed by atoms with E-state index in [1.54, 1.807) is 24.3 Å². The van der Waals surface area contributed by atoms with E-state index in [9.17, 15) is 27.9 Å². The van der Waals surface area contributed by atoms with Crippen molar-refractivity contribution in [2.75, 3.05) is 31.7 Å². The van der Waals surface area contributed by atoms with Crippen LogP contribution in [-0.2, 0) is 20.4 Å². The number of carbonyl (C=O) groups is 2. The molecule has 9 heteroatoms. The molecular weight excluding hydrogens is 595 g/mol. The van der Waals surface area contributed by atoms with Gasteiger partial charge >= 0.3 is 12.1 Å². The van der Waals surface area contributed by atoms with Crippen LogP contribution in [0.5, 0.6) is 0 Å². The third-order valence-corrected chi connectivity index (χ3v) is 7.45. The van der Waals surface area contributed by atoms with Gasteiger partial charge in [-0.1, -0.05) is 74.2 Å². The van der Waals surface area contributed by atoms with Gasteiger partial charge in [-0.15, -0.1) is 0 Å². The minimum atomic E-state index is -4.48. The summed E-state index contributed by atoms with van der Waals surface area (Å²) in [6, 6.07) is 10.7. The zero-order chi connectivity index (χ0) is 33.6. The maximum absolute atomic E-state index is 13.3. The van der Waals surface area contributed by atoms with E-state index in [0.717, 1.165) is 24.1 Å². The molecule has 1 atom stereocenters. The standard InChI is InChI=1S/C37H40F3NO5/c1-4-7-14-33(27-15-19-30(20-16-27)37(38,39)40)32(5-2)34(43)41-31-21-17-28(18-22-31)35(44)46-24-23-36(25-42,26-45-6-3)29-12-10-8-9-11-13-29/h5,7-8,10-22,42H,2,4,6,9,23-26H2,1,3H3,(H,41,43)/b14-7-,33-32-. The number of hydrogen-bond acceptors (Lipinski definition) is 5. The predicted octanol–water partition coefficient (Wildman–Crippen LogP) is 8.25. The maximum atomic E-state index is 13.3. The molecule has 0 aliphatic heterocycles. The van der Waals surface area contributed by atoms with E-state index in [1.807, 2.05) is 44.2 Å². The number of rotatable bonds is 15. The number of aliphatic hydroxyl groups excluding tert-OH is 1. The first-order valence-corrected chi connectivity index (χ1v) is 15.1. The number of allylic oxidation sites excluding steroid dienone is 8. The van der Waals surface area contributed by atoms with Crippen molar-refractivity contribution in [1.29, 1.82) is 0 Å². The fourth-order valence-corrected chi connectivity index (χ4v) is 4.80. The van der Waals surface area contributed by atoms with Gasteiger partial charge in [0.2, 0.25) is 0 Å². The van der Waals surface area contributed by atoms with Crippen molar-refractivity contribution in [3.05, 3.63) is 132 Å². The van der Waals surface area contributed by atoms with E-state index < -0.39 is 29.0 Å². The van der Waals surface area contributed by atoms with Gasteiger partial charge in [-0.25, -0.2) is 4.79 Å². The number of benzene rings is 2. The van der Waals surface area contributed by atoms with Crippen LogP contribution < -0.4 is 5.32 Å². The number of hydrogen-bond donors (Lipinski definition) is 2. The van der Waals surface area contributed by atoms with E-state index >= 15 is 0 Å². The lowest BCUT2D eigenvalue weighted by Gasteiger charge is -2.33. The molecule has 3 rings (SSSR count). The molecule has 1 aliphatic rings. The van der Waals surface area contributed by atoms with Crippen LogP contribution in [0.3, 0.4) is 0 Å². The number of anilines is 1. The van der Waals surface area contributed by atoms with Crippen molar-refractivity contribution in [3.63, 3.8) is 0 Å². The van der Waals surface area contributed by atoms with Gasteiger partial charge in [-0.3, -0.25) is 4.79 Å². The third-order valence-electron chi connectivity index (χ3n) is 7.45. The fourth-order valence-electron chi connectivity index (χ4n) is 4.80. The Morgan fingerprint density at radius 3 is 2.33 bits per heavy atom. The fraction of sp³-hybridized carbons (Fsp3) is 0.297. The van der Waals surface area contributed by atoms with Crippen LogP contribution in [0.4, 0.5) is 18.9 Å². The summed E-state index contributed by atoms with van der Waals surface area (Å²) in [6.45, 7) is 8.14. The Balaban J connectivity index is 1.72. The molecule has 0 bridgehead atoms. The maximum Gasteiger partial charge on any atom is 0.416 e. The van der Waals surface area contributed by atoms with Crippen LogP contribution >= 0.6 is 0 Å². The van der Waals surface area contributed by atoms with Crippen molar-refractivity contribution < 1.29 is 37.3 Å². The van der Waals surface area contributed by atoms with Crippen molar-refractivity contribution in [1.82, 2.24) is 0 Å². The van der Waals surface area contributed by atoms with E-state index in [1.165, 1.54) is 30.3 Å². The number of alkyl halides is 3. The molecule has 1 unspecified atom stereocenters. The lowest BCUT2D eigenvalue weighted by molar-refractivity contribution is -0.137. The highest BCUT2D eigenvalue weighted by atomic mass is 19.4. The van der Waals surface area contributed by atoms with Crippen molar-refractivity contribution in [2.45, 2.75) is 39.3 Å². The second-order valence-electron chi connectivity index (χ2n) is 10.6. The lowest BCUT2D eigenvalue weighted by atomic mass is 9.78. The molecule has 6 nitrogen and oxygen atoms in total. The van der Waals surface area contributed by atoms with E-state index in [4.69, 9.17) is 9.47 Å². The average molecular weight is 636 g/mol. The van der Waals surface area contributed by atoms with Gasteiger partial charge in [0.25, 0.3) is 5.91 Å². The second kappa shape index (κ2) is 17.3. The summed E-state index contributed by atoms with van der Waals surface area (Å²) in [7, 11) is 0. The topological polar surface area (TPSA) is 84.9 Å². The average Bonchev–Trinajstić information content (AvgIpc) is 3.35. The van der Waals surface area contributed by atoms with Gasteiger partial charge in [0.1, 0.15) is 0 Å². The first-order chi connectivity index (χ1) is 22.1. The van der Waals surface area contributed by atoms with Crippen LogP contribution in [0.25, 0.3) is 5.57 Å². The van der Waals surface area contributed by atoms with Crippen LogP contribution in [0.1, 0.15) is 54.6 Å². The van der Waals surface area contributed by atoms with E-state index in [-0.39, 0.29) is 31.0 Å².